The Kier molecular flexibility index (Phi) is 119. The fraction of sp³-hybridized carbons (Fsp3) is 1.00. The van der Waals surface area contributed by atoms with Crippen LogP contribution < -0.4 is 0 Å². The van der Waals surface area contributed by atoms with Crippen molar-refractivity contribution in [3.63, 3.8) is 0 Å². The van der Waals surface area contributed by atoms with Crippen molar-refractivity contribution in [2.45, 2.75) is 0 Å². The second kappa shape index (κ2) is 26.1. The smallest absolute Gasteiger partial charge is 0.0500 e. The predicted molar refractivity (Wildman–Crippen MR) is 36.3 cm³/mol. The molecule has 0 N–H and O–H groups in total. The van der Waals surface area contributed by atoms with E-state index in [2.05, 4.69) is 9.24 Å². The Bertz CT molecular complexity index is 6.00. The first-order chi connectivity index (χ1) is 1.00. The molecule has 0 radical (unpaired) electrons. The molecular weight excluding hydrogens is 203 g/mol. The van der Waals surface area contributed by atoms with Crippen LogP contribution in [0.25, 0.3) is 0 Å². The summed E-state index contributed by atoms with van der Waals surface area (Å²) >= 11 is 0. The molecule has 0 amide bonds. The first kappa shape index (κ1) is 18.2. The maximum absolute atomic E-state index is 2.42. The van der Waals surface area contributed by atoms with Crippen molar-refractivity contribution >= 4 is 43.2 Å². The highest BCUT2D eigenvalue weighted by molar-refractivity contribution is 8.93. The molecule has 0 aliphatic carbocycles. The van der Waals surface area contributed by atoms with Crippen LogP contribution in [0.5, 0.6) is 0 Å². The van der Waals surface area contributed by atoms with E-state index >= 15 is 0 Å². The molecule has 0 saturated heterocycles. The second-order valence-electron chi connectivity index (χ2n) is 0. The van der Waals surface area contributed by atoms with Gasteiger partial charge < -0.3 is 0 Å². The summed E-state index contributed by atoms with van der Waals surface area (Å²) in [6, 6.07) is 0. The van der Waals surface area contributed by atoms with Crippen LogP contribution in [0, 0.1) is 0 Å². The molecule has 0 aromatic heterocycles. The van der Waals surface area contributed by atoms with Gasteiger partial charge in [-0.1, -0.05) is 6.66 Å². The highest BCUT2D eigenvalue weighted by Crippen LogP contribution is 1.46. The van der Waals surface area contributed by atoms with Crippen molar-refractivity contribution in [3.8, 4) is 0 Å². The van der Waals surface area contributed by atoms with Gasteiger partial charge in [0, 0.05) is 0 Å². The standard InChI is InChI=1S/CH5P.2BrH/c1-2;;/h2H2,1H3;2*1H. The van der Waals surface area contributed by atoms with Crippen LogP contribution in [-0.2, 0) is 0 Å². The van der Waals surface area contributed by atoms with Crippen molar-refractivity contribution in [2.75, 3.05) is 6.66 Å². The molecule has 0 saturated carbocycles. The highest BCUT2D eigenvalue weighted by atomic mass is 79.9. The fourth-order valence-electron chi connectivity index (χ4n) is 0. The Labute approximate surface area is 50.1 Å². The molecule has 0 fully saturated rings. The lowest BCUT2D eigenvalue weighted by Crippen LogP contribution is -0.804. The van der Waals surface area contributed by atoms with Crippen LogP contribution >= 0.6 is 43.2 Å². The number of rotatable bonds is 0. The van der Waals surface area contributed by atoms with Gasteiger partial charge in [-0.2, -0.15) is 0 Å². The van der Waals surface area contributed by atoms with Gasteiger partial charge >= 0.3 is 0 Å². The molecule has 0 nitrogen and oxygen atoms in total. The molecule has 0 aromatic rings. The van der Waals surface area contributed by atoms with Gasteiger partial charge in [-0.25, -0.2) is 0 Å². The largest absolute Gasteiger partial charge is 0.141 e. The van der Waals surface area contributed by atoms with Crippen molar-refractivity contribution in [1.29, 1.82) is 0 Å². The lowest BCUT2D eigenvalue weighted by molar-refractivity contribution is 2.53. The summed E-state index contributed by atoms with van der Waals surface area (Å²) in [5.74, 6) is 0. The van der Waals surface area contributed by atoms with Crippen LogP contribution in [-0.4, -0.2) is 6.66 Å². The molecule has 0 rings (SSSR count). The van der Waals surface area contributed by atoms with E-state index < -0.39 is 0 Å². The highest BCUT2D eigenvalue weighted by Gasteiger charge is 0.906. The van der Waals surface area contributed by atoms with Crippen molar-refractivity contribution in [2.24, 2.45) is 0 Å². The Morgan fingerprint density at radius 2 is 1.00 bits per heavy atom. The minimum atomic E-state index is 0. The van der Waals surface area contributed by atoms with Gasteiger partial charge in [-0.3, -0.25) is 0 Å². The molecule has 0 heterocycles. The molecule has 0 bridgehead atoms. The second-order valence-corrected chi connectivity index (χ2v) is 0. The molecule has 1 unspecified atom stereocenters. The van der Waals surface area contributed by atoms with Gasteiger partial charge in [0.2, 0.25) is 0 Å². The van der Waals surface area contributed by atoms with E-state index in [0.29, 0.717) is 0 Å². The van der Waals surface area contributed by atoms with Crippen molar-refractivity contribution in [1.82, 2.24) is 0 Å². The Morgan fingerprint density at radius 3 is 1.00 bits per heavy atom. The van der Waals surface area contributed by atoms with E-state index in [4.69, 9.17) is 0 Å². The van der Waals surface area contributed by atoms with Crippen LogP contribution in [0.4, 0.5) is 0 Å². The lowest BCUT2D eigenvalue weighted by atomic mass is 12.0. The third-order valence-corrected chi connectivity index (χ3v) is 0. The SMILES string of the molecule is Br.Br.CP. The molecule has 0 aliphatic rings. The summed E-state index contributed by atoms with van der Waals surface area (Å²) in [5, 5.41) is 0. The normalized spacial score (nSPS) is 1.50. The molecule has 0 spiro atoms. The van der Waals surface area contributed by atoms with Gasteiger partial charge in [0.05, 0.1) is 0 Å². The van der Waals surface area contributed by atoms with E-state index in [9.17, 15) is 0 Å². The molecule has 30 valence electrons. The van der Waals surface area contributed by atoms with Gasteiger partial charge in [0.1, 0.15) is 0 Å². The Morgan fingerprint density at radius 1 is 1.00 bits per heavy atom. The Hall–Kier alpha value is 1.39. The van der Waals surface area contributed by atoms with Gasteiger partial charge in [-0.15, -0.1) is 43.2 Å². The summed E-state index contributed by atoms with van der Waals surface area (Å²) in [7, 11) is 2.42. The first-order valence-corrected chi connectivity index (χ1v) is 1.73. The summed E-state index contributed by atoms with van der Waals surface area (Å²) in [5.41, 5.74) is 0. The zero-order chi connectivity index (χ0) is 2.00. The molecule has 4 heavy (non-hydrogen) atoms. The zero-order valence-corrected chi connectivity index (χ0v) is 6.97. The van der Waals surface area contributed by atoms with Gasteiger partial charge in [0.15, 0.2) is 0 Å². The first-order valence-electron chi connectivity index (χ1n) is 0.577. The van der Waals surface area contributed by atoms with E-state index in [1.807, 2.05) is 6.66 Å². The quantitative estimate of drug-likeness (QED) is 0.533. The average Bonchev–Trinajstić information content (AvgIpc) is 1.00. The van der Waals surface area contributed by atoms with E-state index in [0.717, 1.165) is 0 Å². The van der Waals surface area contributed by atoms with E-state index in [1.54, 1.807) is 0 Å². The lowest BCUT2D eigenvalue weighted by Gasteiger charge is -1.10. The molecular formula is CH7Br2P. The van der Waals surface area contributed by atoms with E-state index in [1.165, 1.54) is 0 Å². The molecule has 3 heteroatoms. The maximum Gasteiger partial charge on any atom is -0.0500 e. The molecule has 0 aliphatic heterocycles. The predicted octanol–water partition coefficient (Wildman–Crippen LogP) is 1.65. The average molecular weight is 210 g/mol. The van der Waals surface area contributed by atoms with Crippen molar-refractivity contribution < 1.29 is 0 Å². The van der Waals surface area contributed by atoms with Crippen molar-refractivity contribution in [3.05, 3.63) is 0 Å². The van der Waals surface area contributed by atoms with Gasteiger partial charge in [0.25, 0.3) is 0 Å². The van der Waals surface area contributed by atoms with Crippen LogP contribution in [0.3, 0.4) is 0 Å². The summed E-state index contributed by atoms with van der Waals surface area (Å²) in [6.07, 6.45) is 0. The van der Waals surface area contributed by atoms with Crippen LogP contribution in [0.1, 0.15) is 0 Å². The third kappa shape index (κ3) is 10.0. The van der Waals surface area contributed by atoms with Crippen LogP contribution in [0.2, 0.25) is 0 Å². The van der Waals surface area contributed by atoms with Crippen LogP contribution in [0.15, 0.2) is 0 Å². The Balaban J connectivity index is -0.00000000500. The summed E-state index contributed by atoms with van der Waals surface area (Å²) in [4.78, 5) is 0. The topological polar surface area (TPSA) is 0 Å². The fourth-order valence-corrected chi connectivity index (χ4v) is 0. The zero-order valence-electron chi connectivity index (χ0n) is 2.39. The summed E-state index contributed by atoms with van der Waals surface area (Å²) < 4.78 is 0. The number of halogens is 2. The minimum absolute atomic E-state index is 0. The number of hydrogen-bond acceptors (Lipinski definition) is 0. The van der Waals surface area contributed by atoms with E-state index in [-0.39, 0.29) is 34.0 Å². The molecule has 1 atom stereocenters. The monoisotopic (exact) mass is 208 g/mol. The third-order valence-electron chi connectivity index (χ3n) is 0. The summed E-state index contributed by atoms with van der Waals surface area (Å²) in [6.45, 7) is 1.92. The minimum Gasteiger partial charge on any atom is -0.141 e. The number of hydrogen-bond donors (Lipinski definition) is 0. The van der Waals surface area contributed by atoms with Gasteiger partial charge in [-0.05, 0) is 0 Å². The molecule has 0 aromatic carbocycles. The maximum atomic E-state index is 2.42.